The van der Waals surface area contributed by atoms with Gasteiger partial charge in [0.1, 0.15) is 28.6 Å². The molecule has 10 atom stereocenters. The predicted molar refractivity (Wildman–Crippen MR) is 148 cm³/mol. The summed E-state index contributed by atoms with van der Waals surface area (Å²) in [6.45, 7) is 11.0. The van der Waals surface area contributed by atoms with E-state index in [4.69, 9.17) is 18.8 Å². The predicted octanol–water partition coefficient (Wildman–Crippen LogP) is 1.19. The van der Waals surface area contributed by atoms with Crippen LogP contribution in [0, 0.1) is 16.7 Å². The van der Waals surface area contributed by atoms with Crippen LogP contribution in [0.25, 0.3) is 0 Å². The van der Waals surface area contributed by atoms with Crippen LogP contribution in [-0.2, 0) is 18.8 Å². The zero-order chi connectivity index (χ0) is 29.9. The van der Waals surface area contributed by atoms with Gasteiger partial charge in [-0.1, -0.05) is 57.7 Å². The Kier molecular flexibility index (Phi) is 4.77. The average Bonchev–Trinajstić information content (AvgIpc) is 3.56. The number of aromatic amines is 1. The maximum absolute atomic E-state index is 13.7. The van der Waals surface area contributed by atoms with Crippen molar-refractivity contribution in [1.82, 2.24) is 4.98 Å². The van der Waals surface area contributed by atoms with E-state index in [-0.39, 0.29) is 12.1 Å². The lowest BCUT2D eigenvalue weighted by atomic mass is 9.51. The number of carbonyl (C=O) groups is 1. The Labute approximate surface area is 243 Å². The Morgan fingerprint density at radius 3 is 2.45 bits per heavy atom. The highest BCUT2D eigenvalue weighted by atomic mass is 16.7. The second-order valence-corrected chi connectivity index (χ2v) is 13.9. The third-order valence-electron chi connectivity index (χ3n) is 12.5. The number of benzene rings is 1. The van der Waals surface area contributed by atoms with Crippen LogP contribution in [0.3, 0.4) is 0 Å². The summed E-state index contributed by atoms with van der Waals surface area (Å²) < 4.78 is 26.9. The van der Waals surface area contributed by atoms with E-state index >= 15 is 0 Å². The number of ether oxygens (including phenoxy) is 2. The van der Waals surface area contributed by atoms with E-state index in [9.17, 15) is 25.2 Å². The lowest BCUT2D eigenvalue weighted by Gasteiger charge is -2.65. The van der Waals surface area contributed by atoms with E-state index < -0.39 is 75.8 Å². The fourth-order valence-corrected chi connectivity index (χ4v) is 10.9. The van der Waals surface area contributed by atoms with Crippen LogP contribution in [0.2, 0.25) is 0 Å². The zero-order valence-electron chi connectivity index (χ0n) is 24.1. The molecule has 2 aromatic rings. The van der Waals surface area contributed by atoms with Gasteiger partial charge in [0.2, 0.25) is 0 Å². The molecular weight excluding hydrogens is 541 g/mol. The maximum atomic E-state index is 13.7. The van der Waals surface area contributed by atoms with E-state index in [0.29, 0.717) is 23.9 Å². The summed E-state index contributed by atoms with van der Waals surface area (Å²) in [6.07, 6.45) is -0.853. The average molecular weight is 577 g/mol. The third kappa shape index (κ3) is 2.15. The zero-order valence-corrected chi connectivity index (χ0v) is 24.1. The van der Waals surface area contributed by atoms with Gasteiger partial charge in [-0.2, -0.15) is 0 Å². The van der Waals surface area contributed by atoms with Crippen molar-refractivity contribution in [3.63, 3.8) is 0 Å². The van der Waals surface area contributed by atoms with Crippen LogP contribution >= 0.6 is 0 Å². The first-order chi connectivity index (χ1) is 19.7. The number of aliphatic hydroxyl groups is 4. The molecule has 7 bridgehead atoms. The summed E-state index contributed by atoms with van der Waals surface area (Å²) in [5.74, 6) is -3.59. The number of aliphatic hydroxyl groups excluding tert-OH is 1. The van der Waals surface area contributed by atoms with E-state index in [1.807, 2.05) is 37.3 Å². The van der Waals surface area contributed by atoms with E-state index in [1.54, 1.807) is 39.1 Å². The standard InChI is InChI=1S/C31H36BNO9/c1-17(2)28(37)23(39-22(35)20-12-9-15-33-20)30-24(4)16-27(36)25(28,5)31(30,38)29(40-27)21(34)18(3)13-14-26(24,29)41-32(42-30)19-10-7-6-8-11-19/h6-12,15,17,21,23,33-34,36-38H,3,13-14,16H2,1-2,4-5H3/t21-,23?,24+,25+,26+,27+,28-,29-,30-,31+/m1/s1. The van der Waals surface area contributed by atoms with Crippen LogP contribution in [-0.4, -0.2) is 84.5 Å². The number of carbonyl (C=O) groups excluding carboxylic acids is 1. The lowest BCUT2D eigenvalue weighted by Crippen LogP contribution is -2.79. The Morgan fingerprint density at radius 1 is 1.10 bits per heavy atom. The van der Waals surface area contributed by atoms with Crippen LogP contribution in [0.15, 0.2) is 60.8 Å². The minimum Gasteiger partial charge on any atom is -0.451 e. The summed E-state index contributed by atoms with van der Waals surface area (Å²) in [5.41, 5.74) is -11.8. The van der Waals surface area contributed by atoms with Crippen molar-refractivity contribution in [3.8, 4) is 0 Å². The minimum atomic E-state index is -2.32. The second-order valence-electron chi connectivity index (χ2n) is 13.9. The fraction of sp³-hybridized carbons (Fsp3) is 0.581. The van der Waals surface area contributed by atoms with Crippen molar-refractivity contribution in [2.24, 2.45) is 16.7 Å². The smallest absolute Gasteiger partial charge is 0.451 e. The molecular formula is C31H36BNO9. The molecule has 7 aliphatic rings. The molecule has 3 saturated heterocycles. The van der Waals surface area contributed by atoms with Gasteiger partial charge in [0.25, 0.3) is 0 Å². The summed E-state index contributed by atoms with van der Waals surface area (Å²) in [5, 5.41) is 51.4. The molecule has 3 spiro atoms. The van der Waals surface area contributed by atoms with E-state index in [1.165, 1.54) is 0 Å². The first-order valence-corrected chi connectivity index (χ1v) is 14.7. The number of esters is 1. The number of hydrogen-bond acceptors (Lipinski definition) is 9. The normalized spacial score (nSPS) is 51.4. The Bertz CT molecular complexity index is 1540. The molecule has 11 heteroatoms. The molecule has 5 N–H and O–H groups in total. The Balaban J connectivity index is 1.49. The number of hydrogen-bond donors (Lipinski definition) is 5. The SMILES string of the molecule is C=C1CC[C@@]23OB(c4ccccc4)O[C@@]45C(OC(=O)c6ccc[nH]6)[C@](O)(C(C)C)[C@@]6(C)[C@]4(O)[C@@]2(O[C@@]6(O)C[C@@]35C)[C@@H]1O. The van der Waals surface area contributed by atoms with Crippen LogP contribution in [0.1, 0.15) is 57.4 Å². The van der Waals surface area contributed by atoms with Crippen molar-refractivity contribution >= 4 is 18.6 Å². The molecule has 0 amide bonds. The highest BCUT2D eigenvalue weighted by Gasteiger charge is 3.12. The molecule has 1 unspecified atom stereocenters. The largest absolute Gasteiger partial charge is 0.495 e. The number of nitrogens with one attached hydrogen (secondary N) is 1. The molecule has 0 radical (unpaired) electrons. The molecule has 4 aliphatic carbocycles. The summed E-state index contributed by atoms with van der Waals surface area (Å²) in [7, 11) is -1.08. The summed E-state index contributed by atoms with van der Waals surface area (Å²) in [4.78, 5) is 16.6. The third-order valence-corrected chi connectivity index (χ3v) is 12.5. The number of rotatable bonds is 4. The molecule has 1 aromatic carbocycles. The first kappa shape index (κ1) is 27.1. The summed E-state index contributed by atoms with van der Waals surface area (Å²) in [6, 6.07) is 12.4. The molecule has 222 valence electrons. The van der Waals surface area contributed by atoms with Crippen LogP contribution in [0.5, 0.6) is 0 Å². The highest BCUT2D eigenvalue weighted by Crippen LogP contribution is 2.92. The maximum Gasteiger partial charge on any atom is 0.495 e. The van der Waals surface area contributed by atoms with Crippen molar-refractivity contribution in [3.05, 3.63) is 66.5 Å². The van der Waals surface area contributed by atoms with Gasteiger partial charge in [-0.3, -0.25) is 0 Å². The molecule has 3 aliphatic heterocycles. The summed E-state index contributed by atoms with van der Waals surface area (Å²) >= 11 is 0. The van der Waals surface area contributed by atoms with Gasteiger partial charge in [-0.15, -0.1) is 0 Å². The van der Waals surface area contributed by atoms with Gasteiger partial charge in [0.05, 0.1) is 11.0 Å². The van der Waals surface area contributed by atoms with Gasteiger partial charge in [-0.05, 0) is 48.9 Å². The molecule has 4 saturated carbocycles. The Morgan fingerprint density at radius 2 is 1.81 bits per heavy atom. The van der Waals surface area contributed by atoms with Crippen molar-refractivity contribution < 1.29 is 44.0 Å². The van der Waals surface area contributed by atoms with Crippen molar-refractivity contribution in [2.75, 3.05) is 0 Å². The lowest BCUT2D eigenvalue weighted by molar-refractivity contribution is -0.387. The topological polar surface area (TPSA) is 151 Å². The van der Waals surface area contributed by atoms with Gasteiger partial charge in [0.15, 0.2) is 17.5 Å². The van der Waals surface area contributed by atoms with Gasteiger partial charge in [0, 0.05) is 18.0 Å². The van der Waals surface area contributed by atoms with E-state index in [2.05, 4.69) is 11.6 Å². The number of H-pyrrole nitrogens is 1. The van der Waals surface area contributed by atoms with Crippen LogP contribution in [0.4, 0.5) is 0 Å². The molecule has 4 heterocycles. The van der Waals surface area contributed by atoms with Gasteiger partial charge < -0.3 is 44.2 Å². The molecule has 7 fully saturated rings. The van der Waals surface area contributed by atoms with Crippen molar-refractivity contribution in [1.29, 1.82) is 0 Å². The first-order valence-electron chi connectivity index (χ1n) is 14.7. The second kappa shape index (κ2) is 7.40. The Hall–Kier alpha value is -2.51. The number of aromatic nitrogens is 1. The monoisotopic (exact) mass is 577 g/mol. The molecule has 10 nitrogen and oxygen atoms in total. The van der Waals surface area contributed by atoms with Crippen molar-refractivity contribution in [2.45, 2.75) is 93.0 Å². The molecule has 1 aromatic heterocycles. The van der Waals surface area contributed by atoms with Crippen LogP contribution < -0.4 is 5.46 Å². The van der Waals surface area contributed by atoms with Gasteiger partial charge in [-0.25, -0.2) is 4.79 Å². The highest BCUT2D eigenvalue weighted by molar-refractivity contribution is 6.61. The molecule has 9 rings (SSSR count). The van der Waals surface area contributed by atoms with E-state index in [0.717, 1.165) is 0 Å². The molecule has 42 heavy (non-hydrogen) atoms. The van der Waals surface area contributed by atoms with Gasteiger partial charge >= 0.3 is 13.1 Å². The minimum absolute atomic E-state index is 0.104. The fourth-order valence-electron chi connectivity index (χ4n) is 10.9. The quantitative estimate of drug-likeness (QED) is 0.205.